The average molecular weight is 358 g/mol. The number of hydrogen-bond acceptors (Lipinski definition) is 8. The molecule has 1 aromatic carbocycles. The fraction of sp³-hybridized carbons (Fsp3) is 0.267. The van der Waals surface area contributed by atoms with E-state index in [9.17, 15) is 14.4 Å². The van der Waals surface area contributed by atoms with E-state index < -0.39 is 17.9 Å². The molecule has 8 nitrogen and oxygen atoms in total. The quantitative estimate of drug-likeness (QED) is 0.467. The Balaban J connectivity index is 3.37. The monoisotopic (exact) mass is 357 g/mol. The highest BCUT2D eigenvalue weighted by Gasteiger charge is 2.19. The summed E-state index contributed by atoms with van der Waals surface area (Å²) in [6.07, 6.45) is 0.888. The first-order valence-electron chi connectivity index (χ1n) is 6.48. The van der Waals surface area contributed by atoms with Crippen LogP contribution in [0.15, 0.2) is 23.9 Å². The van der Waals surface area contributed by atoms with Crippen LogP contribution < -0.4 is 10.1 Å². The van der Waals surface area contributed by atoms with E-state index in [1.54, 1.807) is 0 Å². The summed E-state index contributed by atoms with van der Waals surface area (Å²) in [6, 6.07) is 2.71. The number of benzene rings is 1. The number of carbonyl (C=O) groups excluding carboxylic acids is 3. The fourth-order valence-electron chi connectivity index (χ4n) is 1.65. The highest BCUT2D eigenvalue weighted by atomic mass is 35.5. The molecular weight excluding hydrogens is 342 g/mol. The Kier molecular flexibility index (Phi) is 7.06. The van der Waals surface area contributed by atoms with E-state index in [2.05, 4.69) is 19.5 Å². The second-order valence-electron chi connectivity index (χ2n) is 4.23. The molecule has 0 aliphatic rings. The van der Waals surface area contributed by atoms with Gasteiger partial charge in [-0.15, -0.1) is 0 Å². The standard InChI is InChI=1S/C15H16ClNO7/c1-21-11-6-8(14(19)23-3)5-9(13(11)16)17-10(15(20)24-4)7-12(18)22-2/h5-7,17H,1-4H3/b10-7+. The van der Waals surface area contributed by atoms with E-state index in [-0.39, 0.29) is 27.7 Å². The molecule has 0 spiro atoms. The molecule has 0 aliphatic carbocycles. The van der Waals surface area contributed by atoms with Gasteiger partial charge in [0.15, 0.2) is 0 Å². The molecule has 1 rings (SSSR count). The molecule has 0 saturated heterocycles. The van der Waals surface area contributed by atoms with Gasteiger partial charge < -0.3 is 24.3 Å². The van der Waals surface area contributed by atoms with Crippen LogP contribution in [0, 0.1) is 0 Å². The van der Waals surface area contributed by atoms with Gasteiger partial charge >= 0.3 is 17.9 Å². The van der Waals surface area contributed by atoms with Gasteiger partial charge in [-0.1, -0.05) is 11.6 Å². The smallest absolute Gasteiger partial charge is 0.354 e. The minimum Gasteiger partial charge on any atom is -0.495 e. The SMILES string of the molecule is COC(=O)/C=C(/Nc1cc(C(=O)OC)cc(OC)c1Cl)C(=O)OC. The number of carbonyl (C=O) groups is 3. The van der Waals surface area contributed by atoms with Gasteiger partial charge in [0.1, 0.15) is 16.5 Å². The van der Waals surface area contributed by atoms with Crippen molar-refractivity contribution in [3.05, 3.63) is 34.5 Å². The van der Waals surface area contributed by atoms with Crippen LogP contribution in [-0.4, -0.2) is 46.3 Å². The summed E-state index contributed by atoms with van der Waals surface area (Å²) in [5.74, 6) is -2.08. The Hall–Kier alpha value is -2.74. The van der Waals surface area contributed by atoms with Crippen LogP contribution in [-0.2, 0) is 23.8 Å². The van der Waals surface area contributed by atoms with Gasteiger partial charge in [0.05, 0.1) is 45.8 Å². The van der Waals surface area contributed by atoms with E-state index in [0.29, 0.717) is 0 Å². The number of rotatable bonds is 6. The Morgan fingerprint density at radius 1 is 1.04 bits per heavy atom. The van der Waals surface area contributed by atoms with Crippen molar-refractivity contribution in [2.45, 2.75) is 0 Å². The van der Waals surface area contributed by atoms with Gasteiger partial charge in [-0.25, -0.2) is 14.4 Å². The average Bonchev–Trinajstić information content (AvgIpc) is 2.60. The molecule has 0 fully saturated rings. The number of methoxy groups -OCH3 is 4. The van der Waals surface area contributed by atoms with Gasteiger partial charge in [-0.3, -0.25) is 0 Å². The van der Waals surface area contributed by atoms with E-state index in [1.807, 2.05) is 0 Å². The molecule has 0 aromatic heterocycles. The lowest BCUT2D eigenvalue weighted by Gasteiger charge is -2.14. The highest BCUT2D eigenvalue weighted by Crippen LogP contribution is 2.34. The summed E-state index contributed by atoms with van der Waals surface area (Å²) >= 11 is 6.16. The maximum Gasteiger partial charge on any atom is 0.354 e. The molecule has 0 aliphatic heterocycles. The van der Waals surface area contributed by atoms with Gasteiger partial charge in [0.25, 0.3) is 0 Å². The summed E-state index contributed by atoms with van der Waals surface area (Å²) in [7, 11) is 4.87. The molecule has 0 atom stereocenters. The molecule has 0 radical (unpaired) electrons. The van der Waals surface area contributed by atoms with E-state index in [1.165, 1.54) is 26.4 Å². The first-order valence-corrected chi connectivity index (χ1v) is 6.86. The fourth-order valence-corrected chi connectivity index (χ4v) is 1.88. The van der Waals surface area contributed by atoms with Crippen LogP contribution in [0.5, 0.6) is 5.75 Å². The Morgan fingerprint density at radius 3 is 2.21 bits per heavy atom. The number of hydrogen-bond donors (Lipinski definition) is 1. The van der Waals surface area contributed by atoms with E-state index >= 15 is 0 Å². The summed E-state index contributed by atoms with van der Waals surface area (Å²) in [4.78, 5) is 34.9. The number of ether oxygens (including phenoxy) is 4. The second-order valence-corrected chi connectivity index (χ2v) is 4.61. The molecule has 1 N–H and O–H groups in total. The van der Waals surface area contributed by atoms with Crippen molar-refractivity contribution in [1.82, 2.24) is 0 Å². The third kappa shape index (κ3) is 4.63. The first kappa shape index (κ1) is 19.3. The lowest BCUT2D eigenvalue weighted by molar-refractivity contribution is -0.138. The number of anilines is 1. The van der Waals surface area contributed by atoms with Crippen molar-refractivity contribution in [3.63, 3.8) is 0 Å². The number of esters is 3. The zero-order valence-corrected chi connectivity index (χ0v) is 14.2. The Morgan fingerprint density at radius 2 is 1.71 bits per heavy atom. The van der Waals surface area contributed by atoms with Crippen molar-refractivity contribution < 1.29 is 33.3 Å². The molecule has 0 bridgehead atoms. The van der Waals surface area contributed by atoms with Crippen LogP contribution in [0.2, 0.25) is 5.02 Å². The van der Waals surface area contributed by atoms with Crippen molar-refractivity contribution in [2.75, 3.05) is 33.8 Å². The van der Waals surface area contributed by atoms with Crippen LogP contribution in [0.1, 0.15) is 10.4 Å². The summed E-state index contributed by atoms with van der Waals surface area (Å²) in [5.41, 5.74) is 0.0239. The molecule has 0 amide bonds. The van der Waals surface area contributed by atoms with Gasteiger partial charge in [0, 0.05) is 0 Å². The largest absolute Gasteiger partial charge is 0.495 e. The third-order valence-corrected chi connectivity index (χ3v) is 3.21. The highest BCUT2D eigenvalue weighted by molar-refractivity contribution is 6.35. The van der Waals surface area contributed by atoms with Crippen molar-refractivity contribution >= 4 is 35.2 Å². The predicted octanol–water partition coefficient (Wildman–Crippen LogP) is 1.78. The number of halogens is 1. The lowest BCUT2D eigenvalue weighted by atomic mass is 10.1. The maximum absolute atomic E-state index is 11.8. The van der Waals surface area contributed by atoms with Crippen molar-refractivity contribution in [2.24, 2.45) is 0 Å². The van der Waals surface area contributed by atoms with Crippen LogP contribution in [0.4, 0.5) is 5.69 Å². The zero-order valence-electron chi connectivity index (χ0n) is 13.5. The minimum atomic E-state index is -0.834. The zero-order chi connectivity index (χ0) is 18.3. The molecule has 24 heavy (non-hydrogen) atoms. The first-order chi connectivity index (χ1) is 11.4. The molecule has 0 heterocycles. The van der Waals surface area contributed by atoms with Crippen LogP contribution in [0.3, 0.4) is 0 Å². The van der Waals surface area contributed by atoms with E-state index in [4.69, 9.17) is 16.3 Å². The molecule has 0 unspecified atom stereocenters. The Bertz CT molecular complexity index is 685. The molecule has 0 saturated carbocycles. The molecule has 1 aromatic rings. The normalized spacial score (nSPS) is 10.6. The van der Waals surface area contributed by atoms with Crippen molar-refractivity contribution in [1.29, 1.82) is 0 Å². The van der Waals surface area contributed by atoms with Crippen LogP contribution >= 0.6 is 11.6 Å². The topological polar surface area (TPSA) is 100 Å². The molecule has 9 heteroatoms. The second kappa shape index (κ2) is 8.78. The maximum atomic E-state index is 11.8. The summed E-state index contributed by atoms with van der Waals surface area (Å²) in [5, 5.41) is 2.71. The molecular formula is C15H16ClNO7. The van der Waals surface area contributed by atoms with E-state index in [0.717, 1.165) is 20.3 Å². The summed E-state index contributed by atoms with van der Waals surface area (Å²) in [6.45, 7) is 0. The van der Waals surface area contributed by atoms with Gasteiger partial charge in [0.2, 0.25) is 0 Å². The predicted molar refractivity (Wildman–Crippen MR) is 85.1 cm³/mol. The number of nitrogens with one attached hydrogen (secondary N) is 1. The van der Waals surface area contributed by atoms with Gasteiger partial charge in [-0.2, -0.15) is 0 Å². The third-order valence-electron chi connectivity index (χ3n) is 2.82. The Labute approximate surface area is 143 Å². The van der Waals surface area contributed by atoms with Crippen LogP contribution in [0.25, 0.3) is 0 Å². The lowest BCUT2D eigenvalue weighted by Crippen LogP contribution is -2.16. The van der Waals surface area contributed by atoms with Gasteiger partial charge in [-0.05, 0) is 12.1 Å². The molecule has 130 valence electrons. The van der Waals surface area contributed by atoms with Crippen molar-refractivity contribution in [3.8, 4) is 5.75 Å². The summed E-state index contributed by atoms with van der Waals surface area (Å²) < 4.78 is 18.8. The minimum absolute atomic E-state index is 0.0878.